The number of aliphatic hydroxyl groups excluding tert-OH is 2. The number of aromatic nitrogens is 4. The Bertz CT molecular complexity index is 2710. The van der Waals surface area contributed by atoms with Gasteiger partial charge in [-0.1, -0.05) is 58.0 Å². The molecular formula is C50H69F4N13O16. The van der Waals surface area contributed by atoms with Gasteiger partial charge < -0.3 is 82.2 Å². The second-order valence-corrected chi connectivity index (χ2v) is 20.1. The minimum Gasteiger partial charge on any atom is -0.445 e. The van der Waals surface area contributed by atoms with Crippen LogP contribution in [-0.2, 0) is 59.1 Å². The van der Waals surface area contributed by atoms with Crippen molar-refractivity contribution in [3.05, 3.63) is 81.4 Å². The summed E-state index contributed by atoms with van der Waals surface area (Å²) >= 11 is 0. The van der Waals surface area contributed by atoms with E-state index in [4.69, 9.17) is 35.2 Å². The highest BCUT2D eigenvalue weighted by molar-refractivity contribution is 5.93. The van der Waals surface area contributed by atoms with E-state index in [-0.39, 0.29) is 31.3 Å². The fourth-order valence-electron chi connectivity index (χ4n) is 8.20. The molecule has 29 nitrogen and oxygen atoms in total. The van der Waals surface area contributed by atoms with Crippen LogP contribution in [0, 0.1) is 11.8 Å². The third-order valence-electron chi connectivity index (χ3n) is 12.9. The Morgan fingerprint density at radius 2 is 1.04 bits per heavy atom. The summed E-state index contributed by atoms with van der Waals surface area (Å²) in [5.74, 6) is -14.0. The van der Waals surface area contributed by atoms with Gasteiger partial charge in [0.15, 0.2) is 12.2 Å². The number of rotatable bonds is 28. The molecule has 2 saturated heterocycles. The summed E-state index contributed by atoms with van der Waals surface area (Å²) in [6.07, 6.45) is -12.4. The molecule has 2 fully saturated rings. The van der Waals surface area contributed by atoms with Gasteiger partial charge in [0.1, 0.15) is 68.1 Å². The largest absolute Gasteiger partial charge is 0.445 e. The summed E-state index contributed by atoms with van der Waals surface area (Å²) in [4.78, 5) is 125. The zero-order valence-electron chi connectivity index (χ0n) is 46.0. The van der Waals surface area contributed by atoms with Gasteiger partial charge in [0.25, 0.3) is 0 Å². The van der Waals surface area contributed by atoms with Crippen molar-refractivity contribution in [2.75, 3.05) is 51.2 Å². The molecule has 0 radical (unpaired) electrons. The Balaban J connectivity index is 1.08. The molecule has 0 unspecified atom stereocenters. The summed E-state index contributed by atoms with van der Waals surface area (Å²) in [6, 6.07) is 5.87. The number of nitrogens with one attached hydrogen (secondary N) is 6. The molecule has 2 aliphatic rings. The second-order valence-electron chi connectivity index (χ2n) is 20.1. The number of aliphatic hydroxyl groups is 2. The molecule has 2 aromatic heterocycles. The number of benzene rings is 1. The van der Waals surface area contributed by atoms with Crippen molar-refractivity contribution in [2.45, 2.75) is 134 Å². The molecule has 0 spiro atoms. The Hall–Kier alpha value is -7.85. The molecule has 2 aliphatic heterocycles. The van der Waals surface area contributed by atoms with Crippen LogP contribution < -0.4 is 54.7 Å². The van der Waals surface area contributed by atoms with Gasteiger partial charge in [0.05, 0.1) is 13.2 Å². The van der Waals surface area contributed by atoms with Gasteiger partial charge in [0.2, 0.25) is 47.9 Å². The van der Waals surface area contributed by atoms with Crippen molar-refractivity contribution in [2.24, 2.45) is 11.8 Å². The van der Waals surface area contributed by atoms with Crippen LogP contribution >= 0.6 is 0 Å². The van der Waals surface area contributed by atoms with Gasteiger partial charge in [-0.3, -0.25) is 37.9 Å². The van der Waals surface area contributed by atoms with Crippen molar-refractivity contribution < 1.29 is 85.0 Å². The highest BCUT2D eigenvalue weighted by Crippen LogP contribution is 2.43. The molecule has 3 aromatic rings. The smallest absolute Gasteiger partial charge is 0.410 e. The van der Waals surface area contributed by atoms with Gasteiger partial charge in [0, 0.05) is 38.3 Å². The lowest BCUT2D eigenvalue weighted by atomic mass is 10.0. The predicted octanol–water partition coefficient (Wildman–Crippen LogP) is -1.66. The molecule has 12 N–H and O–H groups in total. The maximum Gasteiger partial charge on any atom is 0.410 e. The molecule has 7 amide bonds. The van der Waals surface area contributed by atoms with Crippen LogP contribution in [0.25, 0.3) is 0 Å². The fourth-order valence-corrected chi connectivity index (χ4v) is 8.20. The number of hydrogen-bond donors (Lipinski definition) is 10. The maximum absolute atomic E-state index is 14.9. The molecule has 458 valence electrons. The van der Waals surface area contributed by atoms with Gasteiger partial charge in [-0.05, 0) is 43.4 Å². The van der Waals surface area contributed by atoms with Crippen molar-refractivity contribution >= 4 is 53.2 Å². The number of amides is 7. The van der Waals surface area contributed by atoms with Crippen LogP contribution in [0.3, 0.4) is 0 Å². The number of ether oxygens (including phenoxy) is 5. The van der Waals surface area contributed by atoms with E-state index in [1.807, 2.05) is 0 Å². The Kier molecular flexibility index (Phi) is 23.4. The van der Waals surface area contributed by atoms with E-state index in [0.29, 0.717) is 14.7 Å². The highest BCUT2D eigenvalue weighted by Gasteiger charge is 2.61. The van der Waals surface area contributed by atoms with Crippen molar-refractivity contribution in [1.29, 1.82) is 0 Å². The number of alkyl halides is 4. The normalized spacial score (nSPS) is 21.2. The first-order valence-corrected chi connectivity index (χ1v) is 26.0. The first-order chi connectivity index (χ1) is 39.0. The Morgan fingerprint density at radius 3 is 1.41 bits per heavy atom. The number of hydrogen-bond acceptors (Lipinski definition) is 20. The van der Waals surface area contributed by atoms with Crippen molar-refractivity contribution in [1.82, 2.24) is 55.9 Å². The van der Waals surface area contributed by atoms with E-state index in [0.717, 1.165) is 29.4 Å². The van der Waals surface area contributed by atoms with Gasteiger partial charge in [-0.25, -0.2) is 14.4 Å². The minimum absolute atomic E-state index is 0.177. The third-order valence-corrected chi connectivity index (χ3v) is 12.9. The van der Waals surface area contributed by atoms with Gasteiger partial charge in [-0.15, -0.1) is 0 Å². The molecule has 0 saturated carbocycles. The molecule has 4 heterocycles. The highest BCUT2D eigenvalue weighted by atomic mass is 19.3. The van der Waals surface area contributed by atoms with Crippen molar-refractivity contribution in [3.8, 4) is 0 Å². The van der Waals surface area contributed by atoms with E-state index >= 15 is 0 Å². The second kappa shape index (κ2) is 29.4. The minimum atomic E-state index is -3.95. The summed E-state index contributed by atoms with van der Waals surface area (Å²) in [6.45, 7) is 5.75. The van der Waals surface area contributed by atoms with Crippen LogP contribution in [0.15, 0.2) is 64.4 Å². The van der Waals surface area contributed by atoms with Crippen molar-refractivity contribution in [3.63, 3.8) is 0 Å². The number of nitrogens with two attached hydrogens (primary N) is 2. The number of carbonyl (C=O) groups is 7. The summed E-state index contributed by atoms with van der Waals surface area (Å²) in [5.41, 5.74) is 9.18. The number of nitrogen functional groups attached to an aromatic ring is 2. The Morgan fingerprint density at radius 1 is 0.639 bits per heavy atom. The lowest BCUT2D eigenvalue weighted by molar-refractivity contribution is -0.141. The summed E-state index contributed by atoms with van der Waals surface area (Å²) < 4.78 is 86.9. The molecule has 0 aliphatic carbocycles. The first-order valence-electron chi connectivity index (χ1n) is 26.0. The van der Waals surface area contributed by atoms with E-state index in [1.54, 1.807) is 58.0 Å². The predicted molar refractivity (Wildman–Crippen MR) is 280 cm³/mol. The fraction of sp³-hybridized carbons (Fsp3) is 0.580. The molecular weight excluding hydrogens is 1110 g/mol. The average molecular weight is 1180 g/mol. The zero-order valence-corrected chi connectivity index (χ0v) is 46.0. The lowest BCUT2D eigenvalue weighted by Gasteiger charge is -2.26. The molecule has 33 heteroatoms. The molecule has 0 bridgehead atoms. The number of anilines is 2. The van der Waals surface area contributed by atoms with Gasteiger partial charge >= 0.3 is 29.3 Å². The third kappa shape index (κ3) is 17.8. The van der Waals surface area contributed by atoms with Crippen LogP contribution in [-0.4, -0.2) is 176 Å². The summed E-state index contributed by atoms with van der Waals surface area (Å²) in [5, 5.41) is 35.3. The average Bonchev–Trinajstić information content (AvgIpc) is 4.08. The van der Waals surface area contributed by atoms with Crippen LogP contribution in [0.5, 0.6) is 0 Å². The molecule has 1 aromatic carbocycles. The topological polar surface area (TPSA) is 403 Å². The standard InChI is InChI=1S/C50H69F4N13O16/c1-25(2)36(42(74)59-27(5)40(72)57-23-79-21-30-38(70)49(51,52)44(82-30)66-18-12-32(55)61-46(66)76)63-34(68)14-16-65(48(78)81-20-29-10-8-7-9-11-29)17-15-35(69)64-37(26(3)4)43(75)60-28(6)41(73)58-24-80-22-31-39(71)50(53,54)45(83-31)67-19-13-33(56)62-47(67)77/h7-13,18-19,25-28,30-31,36-39,44-45,70-71H,14-17,20-24H2,1-6H3,(H,57,72)(H,58,73)(H,59,74)(H,60,75)(H,63,68)(H,64,69)(H2,55,61,76)(H2,56,62,77)/t27-,28-,30+,31+,36-,37-,38+,39+,44+,45+/m0/s1. The molecule has 10 atom stereocenters. The monoisotopic (exact) mass is 1180 g/mol. The number of halogens is 4. The van der Waals surface area contributed by atoms with Crippen LogP contribution in [0.1, 0.15) is 72.4 Å². The van der Waals surface area contributed by atoms with E-state index < -0.39 is 177 Å². The molecule has 83 heavy (non-hydrogen) atoms. The quantitative estimate of drug-likeness (QED) is 0.0221. The van der Waals surface area contributed by atoms with Crippen LogP contribution in [0.2, 0.25) is 0 Å². The van der Waals surface area contributed by atoms with E-state index in [2.05, 4.69) is 41.9 Å². The van der Waals surface area contributed by atoms with E-state index in [1.165, 1.54) is 13.8 Å². The van der Waals surface area contributed by atoms with Crippen LogP contribution in [0.4, 0.5) is 34.0 Å². The summed E-state index contributed by atoms with van der Waals surface area (Å²) in [7, 11) is 0. The SMILES string of the molecule is CC(C)[C@H](NC(=O)CCN(CCC(=O)N[C@H](C(=O)N[C@@H](C)C(=O)NCOC[C@H]1O[C@@H](n2ccc(N)nc2=O)C(F)(F)[C@@H]1O)C(C)C)C(=O)OCc1ccccc1)C(=O)N[C@@H](C)C(=O)NCOC[C@H]1O[C@@H](n2ccc(N)nc2=O)C(F)(F)[C@@H]1O. The first kappa shape index (κ1) is 66.0. The maximum atomic E-state index is 14.9. The number of carbonyl (C=O) groups excluding carboxylic acids is 7. The molecule has 5 rings (SSSR count). The zero-order chi connectivity index (χ0) is 61.5. The van der Waals surface area contributed by atoms with E-state index in [9.17, 15) is 70.9 Å². The number of nitrogens with zero attached hydrogens (tertiary/aromatic N) is 5. The van der Waals surface area contributed by atoms with Gasteiger partial charge in [-0.2, -0.15) is 27.5 Å². The lowest BCUT2D eigenvalue weighted by Crippen LogP contribution is -2.55. The Labute approximate surface area is 471 Å².